The number of amides is 1. The van der Waals surface area contributed by atoms with Gasteiger partial charge >= 0.3 is 0 Å². The molecule has 5 heteroatoms. The number of hydrogen-bond donors (Lipinski definition) is 1. The van der Waals surface area contributed by atoms with E-state index in [2.05, 4.69) is 43.1 Å². The quantitative estimate of drug-likeness (QED) is 0.877. The van der Waals surface area contributed by atoms with Gasteiger partial charge in [-0.25, -0.2) is 0 Å². The topological polar surface area (TPSA) is 50.8 Å². The molecule has 5 nitrogen and oxygen atoms in total. The largest absolute Gasteiger partial charge is 0.454 e. The summed E-state index contributed by atoms with van der Waals surface area (Å²) in [6, 6.07) is 14.1. The van der Waals surface area contributed by atoms with Gasteiger partial charge in [-0.3, -0.25) is 4.79 Å². The minimum Gasteiger partial charge on any atom is -0.454 e. The molecule has 0 spiro atoms. The number of aryl methyl sites for hydroxylation is 1. The van der Waals surface area contributed by atoms with Gasteiger partial charge in [0.1, 0.15) is 0 Å². The predicted octanol–water partition coefficient (Wildman–Crippen LogP) is 3.25. The lowest BCUT2D eigenvalue weighted by molar-refractivity contribution is -0.120. The molecule has 2 aromatic rings. The van der Waals surface area contributed by atoms with Gasteiger partial charge in [0.05, 0.1) is 6.54 Å². The van der Waals surface area contributed by atoms with E-state index in [1.165, 1.54) is 5.56 Å². The Morgan fingerprint density at radius 3 is 2.68 bits per heavy atom. The van der Waals surface area contributed by atoms with E-state index in [-0.39, 0.29) is 18.7 Å². The lowest BCUT2D eigenvalue weighted by atomic mass is 10.1. The van der Waals surface area contributed by atoms with Crippen LogP contribution in [0.15, 0.2) is 42.5 Å². The zero-order valence-corrected chi connectivity index (χ0v) is 14.9. The van der Waals surface area contributed by atoms with Crippen molar-refractivity contribution in [3.63, 3.8) is 0 Å². The average molecular weight is 340 g/mol. The number of carbonyl (C=O) groups excluding carboxylic acids is 1. The Morgan fingerprint density at radius 2 is 1.92 bits per heavy atom. The fourth-order valence-corrected chi connectivity index (χ4v) is 2.89. The van der Waals surface area contributed by atoms with Crippen molar-refractivity contribution in [1.82, 2.24) is 5.32 Å². The summed E-state index contributed by atoms with van der Waals surface area (Å²) in [5.74, 6) is 1.48. The number of fused-ring (bicyclic) bond motifs is 1. The first-order valence-electron chi connectivity index (χ1n) is 8.52. The van der Waals surface area contributed by atoms with Gasteiger partial charge in [0, 0.05) is 18.3 Å². The van der Waals surface area contributed by atoms with E-state index in [0.717, 1.165) is 22.7 Å². The number of para-hydroxylation sites is 1. The molecule has 0 bridgehead atoms. The van der Waals surface area contributed by atoms with Gasteiger partial charge in [0.2, 0.25) is 12.7 Å². The van der Waals surface area contributed by atoms with Gasteiger partial charge < -0.3 is 19.7 Å². The fourth-order valence-electron chi connectivity index (χ4n) is 2.89. The van der Waals surface area contributed by atoms with Crippen LogP contribution in [-0.2, 0) is 11.3 Å². The van der Waals surface area contributed by atoms with Gasteiger partial charge in [-0.1, -0.05) is 24.3 Å². The maximum Gasteiger partial charge on any atom is 0.239 e. The second-order valence-electron chi connectivity index (χ2n) is 6.47. The molecule has 0 radical (unpaired) electrons. The Morgan fingerprint density at radius 1 is 1.16 bits per heavy atom. The van der Waals surface area contributed by atoms with Crippen LogP contribution in [0.4, 0.5) is 5.69 Å². The molecule has 0 atom stereocenters. The summed E-state index contributed by atoms with van der Waals surface area (Å²) in [5.41, 5.74) is 3.25. The molecule has 0 aliphatic carbocycles. The smallest absolute Gasteiger partial charge is 0.239 e. The molecular weight excluding hydrogens is 316 g/mol. The number of hydrogen-bond acceptors (Lipinski definition) is 4. The normalized spacial score (nSPS) is 12.3. The van der Waals surface area contributed by atoms with E-state index < -0.39 is 0 Å². The van der Waals surface area contributed by atoms with Crippen LogP contribution in [-0.4, -0.2) is 25.3 Å². The molecule has 1 N–H and O–H groups in total. The van der Waals surface area contributed by atoms with Crippen molar-refractivity contribution >= 4 is 11.6 Å². The Hall–Kier alpha value is -2.69. The van der Waals surface area contributed by atoms with Gasteiger partial charge in [-0.2, -0.15) is 0 Å². The second kappa shape index (κ2) is 7.47. The lowest BCUT2D eigenvalue weighted by Crippen LogP contribution is -2.41. The van der Waals surface area contributed by atoms with Crippen molar-refractivity contribution in [3.05, 3.63) is 53.6 Å². The summed E-state index contributed by atoms with van der Waals surface area (Å²) in [6.07, 6.45) is 0. The van der Waals surface area contributed by atoms with Crippen LogP contribution >= 0.6 is 0 Å². The van der Waals surface area contributed by atoms with Crippen molar-refractivity contribution in [2.24, 2.45) is 0 Å². The Kier molecular flexibility index (Phi) is 5.12. The molecule has 0 saturated heterocycles. The molecule has 2 aromatic carbocycles. The molecule has 0 saturated carbocycles. The molecule has 1 heterocycles. The van der Waals surface area contributed by atoms with Crippen molar-refractivity contribution in [2.75, 3.05) is 18.2 Å². The number of nitrogens with zero attached hydrogens (tertiary/aromatic N) is 1. The van der Waals surface area contributed by atoms with E-state index in [1.807, 2.05) is 30.3 Å². The Bertz CT molecular complexity index is 758. The molecule has 0 unspecified atom stereocenters. The molecule has 1 aliphatic rings. The standard InChI is InChI=1S/C20H24N2O3/c1-14(2)22(17-7-5-4-6-15(17)3)12-20(23)21-11-16-8-9-18-19(10-16)25-13-24-18/h4-10,14H,11-13H2,1-3H3,(H,21,23). The second-order valence-corrected chi connectivity index (χ2v) is 6.47. The first-order valence-corrected chi connectivity index (χ1v) is 8.52. The highest BCUT2D eigenvalue weighted by Crippen LogP contribution is 2.32. The number of nitrogens with one attached hydrogen (secondary N) is 1. The summed E-state index contributed by atoms with van der Waals surface area (Å²) < 4.78 is 10.7. The molecular formula is C20H24N2O3. The van der Waals surface area contributed by atoms with Crippen molar-refractivity contribution in [2.45, 2.75) is 33.4 Å². The summed E-state index contributed by atoms with van der Waals surface area (Å²) in [5, 5.41) is 2.99. The van der Waals surface area contributed by atoms with Gasteiger partial charge in [0.25, 0.3) is 0 Å². The highest BCUT2D eigenvalue weighted by atomic mass is 16.7. The van der Waals surface area contributed by atoms with Crippen LogP contribution in [0.3, 0.4) is 0 Å². The van der Waals surface area contributed by atoms with E-state index in [4.69, 9.17) is 9.47 Å². The third kappa shape index (κ3) is 4.05. The zero-order chi connectivity index (χ0) is 17.8. The molecule has 1 amide bonds. The van der Waals surface area contributed by atoms with Crippen molar-refractivity contribution in [1.29, 1.82) is 0 Å². The highest BCUT2D eigenvalue weighted by Gasteiger charge is 2.17. The molecule has 132 valence electrons. The van der Waals surface area contributed by atoms with E-state index in [0.29, 0.717) is 13.1 Å². The first kappa shape index (κ1) is 17.1. The van der Waals surface area contributed by atoms with Crippen LogP contribution in [0.25, 0.3) is 0 Å². The molecule has 0 aromatic heterocycles. The number of anilines is 1. The Balaban J connectivity index is 1.61. The monoisotopic (exact) mass is 340 g/mol. The minimum atomic E-state index is -0.00498. The third-order valence-corrected chi connectivity index (χ3v) is 4.29. The lowest BCUT2D eigenvalue weighted by Gasteiger charge is -2.29. The predicted molar refractivity (Wildman–Crippen MR) is 98.1 cm³/mol. The third-order valence-electron chi connectivity index (χ3n) is 4.29. The van der Waals surface area contributed by atoms with E-state index in [1.54, 1.807) is 0 Å². The number of ether oxygens (including phenoxy) is 2. The minimum absolute atomic E-state index is 0.00498. The van der Waals surface area contributed by atoms with Crippen LogP contribution in [0, 0.1) is 6.92 Å². The van der Waals surface area contributed by atoms with E-state index >= 15 is 0 Å². The maximum absolute atomic E-state index is 12.4. The molecule has 0 fully saturated rings. The summed E-state index contributed by atoms with van der Waals surface area (Å²) in [6.45, 7) is 7.30. The summed E-state index contributed by atoms with van der Waals surface area (Å²) in [4.78, 5) is 14.6. The van der Waals surface area contributed by atoms with Gasteiger partial charge in [0.15, 0.2) is 11.5 Å². The zero-order valence-electron chi connectivity index (χ0n) is 14.9. The van der Waals surface area contributed by atoms with Crippen LogP contribution in [0.1, 0.15) is 25.0 Å². The van der Waals surface area contributed by atoms with Crippen LogP contribution in [0.2, 0.25) is 0 Å². The summed E-state index contributed by atoms with van der Waals surface area (Å²) in [7, 11) is 0. The maximum atomic E-state index is 12.4. The van der Waals surface area contributed by atoms with Crippen molar-refractivity contribution < 1.29 is 14.3 Å². The SMILES string of the molecule is Cc1ccccc1N(CC(=O)NCc1ccc2c(c1)OCO2)C(C)C. The number of carbonyl (C=O) groups is 1. The Labute approximate surface area is 148 Å². The molecule has 25 heavy (non-hydrogen) atoms. The van der Waals surface area contributed by atoms with Gasteiger partial charge in [-0.15, -0.1) is 0 Å². The van der Waals surface area contributed by atoms with Crippen molar-refractivity contribution in [3.8, 4) is 11.5 Å². The first-order chi connectivity index (χ1) is 12.0. The number of rotatable bonds is 6. The molecule has 1 aliphatic heterocycles. The van der Waals surface area contributed by atoms with Crippen LogP contribution < -0.4 is 19.7 Å². The molecule has 3 rings (SSSR count). The van der Waals surface area contributed by atoms with Crippen LogP contribution in [0.5, 0.6) is 11.5 Å². The number of benzene rings is 2. The average Bonchev–Trinajstić information content (AvgIpc) is 3.06. The van der Waals surface area contributed by atoms with E-state index in [9.17, 15) is 4.79 Å². The van der Waals surface area contributed by atoms with Gasteiger partial charge in [-0.05, 0) is 50.1 Å². The summed E-state index contributed by atoms with van der Waals surface area (Å²) >= 11 is 0. The fraction of sp³-hybridized carbons (Fsp3) is 0.350. The highest BCUT2D eigenvalue weighted by molar-refractivity contribution is 5.81.